The number of pyridine rings is 1. The molecule has 1 N–H and O–H groups in total. The third-order valence-corrected chi connectivity index (χ3v) is 6.05. The minimum atomic E-state index is -0.428. The van der Waals surface area contributed by atoms with Gasteiger partial charge in [0.1, 0.15) is 15.5 Å². The molecule has 0 atom stereocenters. The maximum atomic E-state index is 12.5. The van der Waals surface area contributed by atoms with Gasteiger partial charge in [-0.1, -0.05) is 17.8 Å². The smallest absolute Gasteiger partial charge is 0.348 e. The summed E-state index contributed by atoms with van der Waals surface area (Å²) in [4.78, 5) is 32.8. The Morgan fingerprint density at radius 3 is 3.04 bits per heavy atom. The van der Waals surface area contributed by atoms with Crippen LogP contribution in [0.5, 0.6) is 0 Å². The summed E-state index contributed by atoms with van der Waals surface area (Å²) in [6.07, 6.45) is 1.88. The van der Waals surface area contributed by atoms with Crippen LogP contribution in [0, 0.1) is 6.92 Å². The summed E-state index contributed by atoms with van der Waals surface area (Å²) in [7, 11) is 0. The van der Waals surface area contributed by atoms with E-state index in [9.17, 15) is 9.59 Å². The van der Waals surface area contributed by atoms with Crippen molar-refractivity contribution in [2.75, 3.05) is 6.61 Å². The zero-order valence-corrected chi connectivity index (χ0v) is 16.2. The molecule has 4 heterocycles. The molecule has 0 saturated heterocycles. The Morgan fingerprint density at radius 2 is 2.22 bits per heavy atom. The highest BCUT2D eigenvalue weighted by Gasteiger charge is 2.20. The molecule has 0 aliphatic heterocycles. The molecule has 0 amide bonds. The molecule has 10 heteroatoms. The van der Waals surface area contributed by atoms with Gasteiger partial charge in [0.25, 0.3) is 5.56 Å². The normalized spacial score (nSPS) is 11.3. The highest BCUT2D eigenvalue weighted by atomic mass is 32.2. The van der Waals surface area contributed by atoms with E-state index >= 15 is 0 Å². The van der Waals surface area contributed by atoms with Gasteiger partial charge in [0.05, 0.1) is 17.7 Å². The van der Waals surface area contributed by atoms with Gasteiger partial charge in [0, 0.05) is 6.20 Å². The van der Waals surface area contributed by atoms with E-state index in [1.807, 2.05) is 28.8 Å². The lowest BCUT2D eigenvalue weighted by Gasteiger charge is -2.01. The predicted octanol–water partition coefficient (Wildman–Crippen LogP) is 2.80. The Bertz CT molecular complexity index is 1210. The number of nitrogens with zero attached hydrogens (tertiary/aromatic N) is 4. The molecular weight excluding hydrogens is 386 g/mol. The van der Waals surface area contributed by atoms with Crippen molar-refractivity contribution in [2.24, 2.45) is 0 Å². The average Bonchev–Trinajstić information content (AvgIpc) is 3.21. The Kier molecular flexibility index (Phi) is 4.66. The number of aryl methyl sites for hydroxylation is 1. The fraction of sp³-hybridized carbons (Fsp3) is 0.235. The molecule has 0 spiro atoms. The van der Waals surface area contributed by atoms with Gasteiger partial charge in [-0.3, -0.25) is 9.20 Å². The van der Waals surface area contributed by atoms with E-state index in [1.165, 1.54) is 23.1 Å². The standard InChI is InChI=1S/C17H15N5O3S2/c1-3-25-16(24)13-9(2)12-14(23)18-10(19-15(12)27-13)8-26-17-21-20-11-6-4-5-7-22(11)17/h4-7H,3,8H2,1-2H3,(H,18,19,23). The Hall–Kier alpha value is -2.72. The van der Waals surface area contributed by atoms with E-state index in [1.54, 1.807) is 13.8 Å². The number of aromatic amines is 1. The number of aromatic nitrogens is 5. The minimum absolute atomic E-state index is 0.258. The van der Waals surface area contributed by atoms with Crippen molar-refractivity contribution in [3.05, 3.63) is 51.0 Å². The van der Waals surface area contributed by atoms with Gasteiger partial charge in [-0.25, -0.2) is 9.78 Å². The first-order valence-electron chi connectivity index (χ1n) is 8.20. The first-order chi connectivity index (χ1) is 13.1. The lowest BCUT2D eigenvalue weighted by Crippen LogP contribution is -2.11. The summed E-state index contributed by atoms with van der Waals surface area (Å²) >= 11 is 2.60. The largest absolute Gasteiger partial charge is 0.462 e. The van der Waals surface area contributed by atoms with Crippen LogP contribution in [-0.2, 0) is 10.5 Å². The molecule has 0 radical (unpaired) electrons. The molecule has 4 aromatic rings. The van der Waals surface area contributed by atoms with Gasteiger partial charge in [-0.15, -0.1) is 21.5 Å². The SMILES string of the molecule is CCOC(=O)c1sc2nc(CSc3nnc4ccccn34)[nH]c(=O)c2c1C. The molecule has 0 saturated carbocycles. The van der Waals surface area contributed by atoms with E-state index < -0.39 is 5.97 Å². The van der Waals surface area contributed by atoms with Gasteiger partial charge >= 0.3 is 5.97 Å². The van der Waals surface area contributed by atoms with Crippen LogP contribution in [0.2, 0.25) is 0 Å². The van der Waals surface area contributed by atoms with Crippen LogP contribution >= 0.6 is 23.1 Å². The highest BCUT2D eigenvalue weighted by molar-refractivity contribution is 7.98. The average molecular weight is 401 g/mol. The van der Waals surface area contributed by atoms with Crippen molar-refractivity contribution in [3.63, 3.8) is 0 Å². The van der Waals surface area contributed by atoms with Crippen LogP contribution in [0.4, 0.5) is 0 Å². The molecule has 0 aliphatic carbocycles. The molecular formula is C17H15N5O3S2. The van der Waals surface area contributed by atoms with Crippen molar-refractivity contribution < 1.29 is 9.53 Å². The number of esters is 1. The highest BCUT2D eigenvalue weighted by Crippen LogP contribution is 2.28. The lowest BCUT2D eigenvalue weighted by molar-refractivity contribution is 0.0531. The number of hydrogen-bond donors (Lipinski definition) is 1. The molecule has 138 valence electrons. The van der Waals surface area contributed by atoms with E-state index in [0.29, 0.717) is 37.4 Å². The fourth-order valence-corrected chi connectivity index (χ4v) is 4.59. The molecule has 0 fully saturated rings. The maximum Gasteiger partial charge on any atom is 0.348 e. The quantitative estimate of drug-likeness (QED) is 0.405. The van der Waals surface area contributed by atoms with E-state index in [-0.39, 0.29) is 12.2 Å². The number of carbonyl (C=O) groups excluding carboxylic acids is 1. The number of nitrogens with one attached hydrogen (secondary N) is 1. The molecule has 4 aromatic heterocycles. The summed E-state index contributed by atoms with van der Waals surface area (Å²) < 4.78 is 6.93. The summed E-state index contributed by atoms with van der Waals surface area (Å²) in [5.74, 6) is 0.511. The topological polar surface area (TPSA) is 102 Å². The first kappa shape index (κ1) is 17.7. The monoisotopic (exact) mass is 401 g/mol. The number of fused-ring (bicyclic) bond motifs is 2. The number of H-pyrrole nitrogens is 1. The van der Waals surface area contributed by atoms with Crippen LogP contribution in [0.25, 0.3) is 15.9 Å². The van der Waals surface area contributed by atoms with Crippen molar-refractivity contribution in [1.82, 2.24) is 24.6 Å². The molecule has 0 aliphatic rings. The summed E-state index contributed by atoms with van der Waals surface area (Å²) in [5.41, 5.74) is 1.10. The van der Waals surface area contributed by atoms with E-state index in [0.717, 1.165) is 5.65 Å². The van der Waals surface area contributed by atoms with E-state index in [2.05, 4.69) is 20.2 Å². The lowest BCUT2D eigenvalue weighted by atomic mass is 10.2. The maximum absolute atomic E-state index is 12.5. The van der Waals surface area contributed by atoms with Crippen molar-refractivity contribution in [2.45, 2.75) is 24.8 Å². The van der Waals surface area contributed by atoms with Crippen LogP contribution in [0.15, 0.2) is 34.3 Å². The van der Waals surface area contributed by atoms with Gasteiger partial charge in [0.2, 0.25) is 0 Å². The molecule has 4 rings (SSSR count). The summed E-state index contributed by atoms with van der Waals surface area (Å²) in [6, 6.07) is 5.66. The number of hydrogen-bond acceptors (Lipinski definition) is 8. The number of ether oxygens (including phenoxy) is 1. The van der Waals surface area contributed by atoms with Crippen LogP contribution in [-0.4, -0.2) is 37.1 Å². The number of rotatable bonds is 5. The van der Waals surface area contributed by atoms with E-state index in [4.69, 9.17) is 4.74 Å². The Balaban J connectivity index is 1.65. The fourth-order valence-electron chi connectivity index (χ4n) is 2.70. The zero-order chi connectivity index (χ0) is 19.0. The third-order valence-electron chi connectivity index (χ3n) is 3.93. The van der Waals surface area contributed by atoms with Gasteiger partial charge < -0.3 is 9.72 Å². The second-order valence-corrected chi connectivity index (χ2v) is 7.61. The Morgan fingerprint density at radius 1 is 1.37 bits per heavy atom. The molecule has 0 bridgehead atoms. The second kappa shape index (κ2) is 7.12. The number of thiophene rings is 1. The Labute approximate surface area is 161 Å². The van der Waals surface area contributed by atoms with Crippen molar-refractivity contribution in [1.29, 1.82) is 0 Å². The van der Waals surface area contributed by atoms with Gasteiger partial charge in [-0.2, -0.15) is 0 Å². The van der Waals surface area contributed by atoms with Crippen molar-refractivity contribution >= 4 is 44.9 Å². The minimum Gasteiger partial charge on any atom is -0.462 e. The number of thioether (sulfide) groups is 1. The first-order valence-corrected chi connectivity index (χ1v) is 10.0. The molecule has 0 unspecified atom stereocenters. The predicted molar refractivity (Wildman–Crippen MR) is 103 cm³/mol. The number of carbonyl (C=O) groups is 1. The third kappa shape index (κ3) is 3.21. The molecule has 8 nitrogen and oxygen atoms in total. The van der Waals surface area contributed by atoms with Crippen molar-refractivity contribution in [3.8, 4) is 0 Å². The second-order valence-electron chi connectivity index (χ2n) is 5.67. The zero-order valence-electron chi connectivity index (χ0n) is 14.6. The molecule has 27 heavy (non-hydrogen) atoms. The van der Waals surface area contributed by atoms with Crippen LogP contribution in [0.1, 0.15) is 28.0 Å². The van der Waals surface area contributed by atoms with Crippen LogP contribution in [0.3, 0.4) is 0 Å². The molecule has 0 aromatic carbocycles. The van der Waals surface area contributed by atoms with Gasteiger partial charge in [-0.05, 0) is 31.5 Å². The van der Waals surface area contributed by atoms with Crippen LogP contribution < -0.4 is 5.56 Å². The summed E-state index contributed by atoms with van der Waals surface area (Å²) in [5, 5.41) is 9.40. The summed E-state index contributed by atoms with van der Waals surface area (Å²) in [6.45, 7) is 3.76. The van der Waals surface area contributed by atoms with Gasteiger partial charge in [0.15, 0.2) is 10.8 Å².